The highest BCUT2D eigenvalue weighted by atomic mass is 79.9. The Hall–Kier alpha value is -0.610. The van der Waals surface area contributed by atoms with Crippen LogP contribution in [0.5, 0.6) is 0 Å². The SMILES string of the molecule is O=C(c1coc(Br)c1)C1CCCOC1. The Morgan fingerprint density at radius 3 is 3.00 bits per heavy atom. The predicted molar refractivity (Wildman–Crippen MR) is 54.3 cm³/mol. The first-order valence-electron chi connectivity index (χ1n) is 4.63. The van der Waals surface area contributed by atoms with Crippen LogP contribution >= 0.6 is 15.9 Å². The van der Waals surface area contributed by atoms with Crippen LogP contribution in [0.15, 0.2) is 21.4 Å². The van der Waals surface area contributed by atoms with Crippen LogP contribution in [0.4, 0.5) is 0 Å². The van der Waals surface area contributed by atoms with Crippen molar-refractivity contribution in [2.24, 2.45) is 5.92 Å². The number of halogens is 1. The molecular formula is C10H11BrO3. The largest absolute Gasteiger partial charge is 0.457 e. The number of ether oxygens (including phenoxy) is 1. The Bertz CT molecular complexity index is 326. The average Bonchev–Trinajstić information content (AvgIpc) is 2.65. The summed E-state index contributed by atoms with van der Waals surface area (Å²) < 4.78 is 10.9. The fraction of sp³-hybridized carbons (Fsp3) is 0.500. The lowest BCUT2D eigenvalue weighted by atomic mass is 9.94. The molecule has 0 aromatic carbocycles. The molecule has 1 fully saturated rings. The maximum atomic E-state index is 11.9. The van der Waals surface area contributed by atoms with E-state index in [0.717, 1.165) is 19.4 Å². The fourth-order valence-corrected chi connectivity index (χ4v) is 1.96. The first kappa shape index (κ1) is 9.93. The highest BCUT2D eigenvalue weighted by molar-refractivity contribution is 9.10. The highest BCUT2D eigenvalue weighted by Crippen LogP contribution is 2.22. The Morgan fingerprint density at radius 2 is 2.43 bits per heavy atom. The minimum absolute atomic E-state index is 0.00764. The number of carbonyl (C=O) groups excluding carboxylic acids is 1. The normalized spacial score (nSPS) is 22.2. The van der Waals surface area contributed by atoms with Gasteiger partial charge in [0, 0.05) is 18.6 Å². The van der Waals surface area contributed by atoms with E-state index in [4.69, 9.17) is 9.15 Å². The Labute approximate surface area is 90.6 Å². The lowest BCUT2D eigenvalue weighted by Gasteiger charge is -2.19. The van der Waals surface area contributed by atoms with Crippen LogP contribution in [0.2, 0.25) is 0 Å². The molecule has 4 heteroatoms. The Balaban J connectivity index is 2.07. The molecule has 0 N–H and O–H groups in total. The van der Waals surface area contributed by atoms with Crippen molar-refractivity contribution in [3.63, 3.8) is 0 Å². The number of carbonyl (C=O) groups is 1. The third-order valence-electron chi connectivity index (χ3n) is 2.38. The number of rotatable bonds is 2. The van der Waals surface area contributed by atoms with Crippen molar-refractivity contribution >= 4 is 21.7 Å². The molecule has 14 heavy (non-hydrogen) atoms. The summed E-state index contributed by atoms with van der Waals surface area (Å²) in [6, 6.07) is 1.71. The van der Waals surface area contributed by atoms with Gasteiger partial charge in [-0.3, -0.25) is 4.79 Å². The molecule has 1 aromatic heterocycles. The summed E-state index contributed by atoms with van der Waals surface area (Å²) in [4.78, 5) is 11.9. The molecule has 2 rings (SSSR count). The lowest BCUT2D eigenvalue weighted by Crippen LogP contribution is -2.24. The summed E-state index contributed by atoms with van der Waals surface area (Å²) >= 11 is 3.17. The highest BCUT2D eigenvalue weighted by Gasteiger charge is 2.23. The second kappa shape index (κ2) is 4.28. The summed E-state index contributed by atoms with van der Waals surface area (Å²) in [5.41, 5.74) is 0.632. The summed E-state index contributed by atoms with van der Waals surface area (Å²) in [6.07, 6.45) is 3.37. The van der Waals surface area contributed by atoms with E-state index in [1.807, 2.05) is 0 Å². The fourth-order valence-electron chi connectivity index (χ4n) is 1.62. The van der Waals surface area contributed by atoms with Crippen molar-refractivity contribution in [1.29, 1.82) is 0 Å². The molecule has 1 aromatic rings. The number of hydrogen-bond acceptors (Lipinski definition) is 3. The predicted octanol–water partition coefficient (Wildman–Crippen LogP) is 2.65. The van der Waals surface area contributed by atoms with Crippen molar-refractivity contribution in [2.45, 2.75) is 12.8 Å². The summed E-state index contributed by atoms with van der Waals surface area (Å²) in [6.45, 7) is 1.32. The third-order valence-corrected chi connectivity index (χ3v) is 2.80. The van der Waals surface area contributed by atoms with Crippen LogP contribution in [0.25, 0.3) is 0 Å². The zero-order chi connectivity index (χ0) is 9.97. The zero-order valence-corrected chi connectivity index (χ0v) is 9.25. The van der Waals surface area contributed by atoms with Crippen LogP contribution in [-0.4, -0.2) is 19.0 Å². The van der Waals surface area contributed by atoms with E-state index in [-0.39, 0.29) is 11.7 Å². The zero-order valence-electron chi connectivity index (χ0n) is 7.66. The Kier molecular flexibility index (Phi) is 3.03. The molecular weight excluding hydrogens is 248 g/mol. The second-order valence-corrected chi connectivity index (χ2v) is 4.20. The third kappa shape index (κ3) is 2.07. The van der Waals surface area contributed by atoms with Crippen molar-refractivity contribution < 1.29 is 13.9 Å². The smallest absolute Gasteiger partial charge is 0.171 e. The standard InChI is InChI=1S/C10H11BrO3/c11-9-4-8(6-14-9)10(12)7-2-1-3-13-5-7/h4,6-7H,1-3,5H2. The van der Waals surface area contributed by atoms with Crippen molar-refractivity contribution in [3.05, 3.63) is 22.6 Å². The first-order valence-corrected chi connectivity index (χ1v) is 5.42. The van der Waals surface area contributed by atoms with Gasteiger partial charge in [-0.1, -0.05) is 0 Å². The molecule has 0 saturated carbocycles. The van der Waals surface area contributed by atoms with Crippen LogP contribution in [0.1, 0.15) is 23.2 Å². The molecule has 1 aliphatic heterocycles. The Morgan fingerprint density at radius 1 is 1.57 bits per heavy atom. The van der Waals surface area contributed by atoms with Crippen LogP contribution < -0.4 is 0 Å². The first-order chi connectivity index (χ1) is 6.77. The van der Waals surface area contributed by atoms with Gasteiger partial charge in [-0.15, -0.1) is 0 Å². The van der Waals surface area contributed by atoms with Crippen molar-refractivity contribution in [3.8, 4) is 0 Å². The minimum Gasteiger partial charge on any atom is -0.457 e. The molecule has 0 bridgehead atoms. The van der Waals surface area contributed by atoms with Crippen LogP contribution in [0, 0.1) is 5.92 Å². The number of furan rings is 1. The van der Waals surface area contributed by atoms with E-state index in [0.29, 0.717) is 16.8 Å². The van der Waals surface area contributed by atoms with Crippen LogP contribution in [0.3, 0.4) is 0 Å². The van der Waals surface area contributed by atoms with E-state index in [9.17, 15) is 4.79 Å². The van der Waals surface area contributed by atoms with E-state index in [2.05, 4.69) is 15.9 Å². The van der Waals surface area contributed by atoms with Gasteiger partial charge in [0.25, 0.3) is 0 Å². The monoisotopic (exact) mass is 258 g/mol. The molecule has 2 heterocycles. The van der Waals surface area contributed by atoms with Gasteiger partial charge in [-0.2, -0.15) is 0 Å². The molecule has 1 atom stereocenters. The van der Waals surface area contributed by atoms with Gasteiger partial charge in [0.05, 0.1) is 12.2 Å². The van der Waals surface area contributed by atoms with E-state index in [1.165, 1.54) is 6.26 Å². The van der Waals surface area contributed by atoms with Gasteiger partial charge < -0.3 is 9.15 Å². The molecule has 0 spiro atoms. The van der Waals surface area contributed by atoms with Gasteiger partial charge in [0.1, 0.15) is 6.26 Å². The van der Waals surface area contributed by atoms with Crippen LogP contribution in [-0.2, 0) is 4.74 Å². The van der Waals surface area contributed by atoms with Gasteiger partial charge >= 0.3 is 0 Å². The van der Waals surface area contributed by atoms with E-state index >= 15 is 0 Å². The molecule has 1 saturated heterocycles. The van der Waals surface area contributed by atoms with Gasteiger partial charge in [0.2, 0.25) is 0 Å². The maximum Gasteiger partial charge on any atom is 0.171 e. The van der Waals surface area contributed by atoms with Gasteiger partial charge in [-0.25, -0.2) is 0 Å². The average molecular weight is 259 g/mol. The van der Waals surface area contributed by atoms with Crippen molar-refractivity contribution in [2.75, 3.05) is 13.2 Å². The van der Waals surface area contributed by atoms with E-state index in [1.54, 1.807) is 6.07 Å². The lowest BCUT2D eigenvalue weighted by molar-refractivity contribution is 0.0461. The van der Waals surface area contributed by atoms with Gasteiger partial charge in [0.15, 0.2) is 10.5 Å². The summed E-state index contributed by atoms with van der Waals surface area (Å²) in [5.74, 6) is 0.132. The van der Waals surface area contributed by atoms with Crippen molar-refractivity contribution in [1.82, 2.24) is 0 Å². The second-order valence-electron chi connectivity index (χ2n) is 3.42. The molecule has 3 nitrogen and oxygen atoms in total. The topological polar surface area (TPSA) is 39.4 Å². The summed E-state index contributed by atoms with van der Waals surface area (Å²) in [7, 11) is 0. The molecule has 76 valence electrons. The number of ketones is 1. The number of Topliss-reactive ketones (excluding diaryl/α,β-unsaturated/α-hetero) is 1. The maximum absolute atomic E-state index is 11.9. The quantitative estimate of drug-likeness (QED) is 0.766. The molecule has 1 unspecified atom stereocenters. The minimum atomic E-state index is 0.00764. The summed E-state index contributed by atoms with van der Waals surface area (Å²) in [5, 5.41) is 0. The number of hydrogen-bond donors (Lipinski definition) is 0. The molecule has 0 amide bonds. The van der Waals surface area contributed by atoms with E-state index < -0.39 is 0 Å². The van der Waals surface area contributed by atoms with Gasteiger partial charge in [-0.05, 0) is 28.8 Å². The molecule has 0 aliphatic carbocycles. The molecule has 0 radical (unpaired) electrons. The molecule has 1 aliphatic rings.